The molecule has 21 heavy (non-hydrogen) atoms. The van der Waals surface area contributed by atoms with Crippen LogP contribution in [-0.4, -0.2) is 36.0 Å². The predicted octanol–water partition coefficient (Wildman–Crippen LogP) is 1.87. The largest absolute Gasteiger partial charge is 0.465 e. The van der Waals surface area contributed by atoms with E-state index in [1.807, 2.05) is 32.0 Å². The first-order valence-corrected chi connectivity index (χ1v) is 7.96. The van der Waals surface area contributed by atoms with E-state index in [0.717, 1.165) is 16.8 Å². The topological polar surface area (TPSA) is 81.4 Å². The second kappa shape index (κ2) is 8.69. The van der Waals surface area contributed by atoms with Crippen LogP contribution in [0.3, 0.4) is 0 Å². The fourth-order valence-electron chi connectivity index (χ4n) is 1.65. The van der Waals surface area contributed by atoms with Crippen molar-refractivity contribution in [3.8, 4) is 0 Å². The van der Waals surface area contributed by atoms with Gasteiger partial charge in [0.25, 0.3) is 0 Å². The van der Waals surface area contributed by atoms with E-state index in [9.17, 15) is 9.59 Å². The Kier molecular flexibility index (Phi) is 7.25. The molecule has 3 N–H and O–H groups in total. The quantitative estimate of drug-likeness (QED) is 0.751. The van der Waals surface area contributed by atoms with Gasteiger partial charge in [0.2, 0.25) is 5.91 Å². The highest BCUT2D eigenvalue weighted by atomic mass is 32.2. The van der Waals surface area contributed by atoms with Crippen molar-refractivity contribution in [1.82, 2.24) is 0 Å². The molecule has 5 nitrogen and oxygen atoms in total. The third-order valence-corrected chi connectivity index (χ3v) is 3.85. The van der Waals surface area contributed by atoms with Crippen LogP contribution >= 0.6 is 11.8 Å². The maximum Gasteiger partial charge on any atom is 0.323 e. The minimum Gasteiger partial charge on any atom is -0.465 e. The van der Waals surface area contributed by atoms with E-state index in [1.54, 1.807) is 6.92 Å². The van der Waals surface area contributed by atoms with Crippen LogP contribution in [-0.2, 0) is 14.3 Å². The van der Waals surface area contributed by atoms with E-state index >= 15 is 0 Å². The molecule has 0 aliphatic heterocycles. The Bertz CT molecular complexity index is 506. The average Bonchev–Trinajstić information content (AvgIpc) is 2.43. The summed E-state index contributed by atoms with van der Waals surface area (Å²) in [6.45, 7) is 5.96. The zero-order chi connectivity index (χ0) is 15.8. The molecule has 0 aliphatic rings. The van der Waals surface area contributed by atoms with E-state index in [-0.39, 0.29) is 11.7 Å². The maximum atomic E-state index is 11.9. The summed E-state index contributed by atoms with van der Waals surface area (Å²) in [4.78, 5) is 23.2. The standard InChI is InChI=1S/C15H22N2O3S/c1-4-20-15(19)12(16)8-21-9-14(18)17-13-7-10(2)5-6-11(13)3/h5-7,12H,4,8-9,16H2,1-3H3,(H,17,18). The summed E-state index contributed by atoms with van der Waals surface area (Å²) < 4.78 is 4.81. The molecule has 1 aromatic rings. The smallest absolute Gasteiger partial charge is 0.323 e. The number of hydrogen-bond acceptors (Lipinski definition) is 5. The average molecular weight is 310 g/mol. The molecular formula is C15H22N2O3S. The number of carbonyl (C=O) groups excluding carboxylic acids is 2. The molecule has 0 saturated carbocycles. The van der Waals surface area contributed by atoms with Crippen LogP contribution in [0.4, 0.5) is 5.69 Å². The Hall–Kier alpha value is -1.53. The molecule has 116 valence electrons. The van der Waals surface area contributed by atoms with Crippen LogP contribution in [0, 0.1) is 13.8 Å². The van der Waals surface area contributed by atoms with Crippen LogP contribution in [0.1, 0.15) is 18.1 Å². The third kappa shape index (κ3) is 6.18. The fourth-order valence-corrected chi connectivity index (χ4v) is 2.42. The molecule has 0 spiro atoms. The normalized spacial score (nSPS) is 11.8. The lowest BCUT2D eigenvalue weighted by molar-refractivity contribution is -0.144. The summed E-state index contributed by atoms with van der Waals surface area (Å²) in [7, 11) is 0. The van der Waals surface area contributed by atoms with Gasteiger partial charge in [0.1, 0.15) is 6.04 Å². The first-order chi connectivity index (χ1) is 9.93. The van der Waals surface area contributed by atoms with E-state index in [1.165, 1.54) is 11.8 Å². The molecule has 0 radical (unpaired) electrons. The number of anilines is 1. The van der Waals surface area contributed by atoms with E-state index < -0.39 is 12.0 Å². The molecule has 0 fully saturated rings. The zero-order valence-corrected chi connectivity index (χ0v) is 13.5. The number of amides is 1. The van der Waals surface area contributed by atoms with E-state index in [4.69, 9.17) is 10.5 Å². The molecule has 1 atom stereocenters. The van der Waals surface area contributed by atoms with Crippen molar-refractivity contribution in [3.05, 3.63) is 29.3 Å². The summed E-state index contributed by atoms with van der Waals surface area (Å²) in [5.74, 6) is 0.0733. The molecule has 1 unspecified atom stereocenters. The summed E-state index contributed by atoms with van der Waals surface area (Å²) in [5, 5.41) is 2.86. The third-order valence-electron chi connectivity index (χ3n) is 2.79. The molecule has 0 aromatic heterocycles. The number of ether oxygens (including phenoxy) is 1. The molecule has 6 heteroatoms. The molecule has 1 rings (SSSR count). The fraction of sp³-hybridized carbons (Fsp3) is 0.467. The van der Waals surface area contributed by atoms with Crippen LogP contribution in [0.5, 0.6) is 0 Å². The molecule has 0 bridgehead atoms. The van der Waals surface area contributed by atoms with Gasteiger partial charge in [-0.05, 0) is 38.0 Å². The number of aryl methyl sites for hydroxylation is 2. The number of nitrogens with two attached hydrogens (primary N) is 1. The van der Waals surface area contributed by atoms with E-state index in [2.05, 4.69) is 5.32 Å². The van der Waals surface area contributed by atoms with Crippen LogP contribution < -0.4 is 11.1 Å². The number of nitrogens with one attached hydrogen (secondary N) is 1. The van der Waals surface area contributed by atoms with Crippen LogP contribution in [0.25, 0.3) is 0 Å². The zero-order valence-electron chi connectivity index (χ0n) is 12.6. The second-order valence-corrected chi connectivity index (χ2v) is 5.77. The highest BCUT2D eigenvalue weighted by Gasteiger charge is 2.15. The summed E-state index contributed by atoms with van der Waals surface area (Å²) >= 11 is 1.32. The lowest BCUT2D eigenvalue weighted by Gasteiger charge is -2.11. The minimum absolute atomic E-state index is 0.107. The highest BCUT2D eigenvalue weighted by Crippen LogP contribution is 2.16. The molecule has 0 saturated heterocycles. The Balaban J connectivity index is 2.38. The number of esters is 1. The Morgan fingerprint density at radius 1 is 1.38 bits per heavy atom. The maximum absolute atomic E-state index is 11.9. The lowest BCUT2D eigenvalue weighted by atomic mass is 10.1. The van der Waals surface area contributed by atoms with Crippen molar-refractivity contribution < 1.29 is 14.3 Å². The van der Waals surface area contributed by atoms with Crippen molar-refractivity contribution >= 4 is 29.3 Å². The van der Waals surface area contributed by atoms with Crippen LogP contribution in [0.2, 0.25) is 0 Å². The van der Waals surface area contributed by atoms with Crippen LogP contribution in [0.15, 0.2) is 18.2 Å². The van der Waals surface area contributed by atoms with Crippen molar-refractivity contribution in [1.29, 1.82) is 0 Å². The van der Waals surface area contributed by atoms with Gasteiger partial charge < -0.3 is 15.8 Å². The Labute approximate surface area is 129 Å². The number of benzene rings is 1. The number of rotatable bonds is 7. The lowest BCUT2D eigenvalue weighted by Crippen LogP contribution is -2.35. The van der Waals surface area contributed by atoms with Crippen molar-refractivity contribution in [2.75, 3.05) is 23.4 Å². The number of carbonyl (C=O) groups is 2. The Morgan fingerprint density at radius 2 is 2.10 bits per heavy atom. The number of hydrogen-bond donors (Lipinski definition) is 2. The summed E-state index contributed by atoms with van der Waals surface area (Å²) in [5.41, 5.74) is 8.58. The van der Waals surface area contributed by atoms with Gasteiger partial charge in [0.05, 0.1) is 12.4 Å². The number of thioether (sulfide) groups is 1. The molecular weight excluding hydrogens is 288 g/mol. The molecule has 0 aliphatic carbocycles. The van der Waals surface area contributed by atoms with Gasteiger partial charge in [-0.1, -0.05) is 12.1 Å². The van der Waals surface area contributed by atoms with Gasteiger partial charge in [-0.2, -0.15) is 0 Å². The minimum atomic E-state index is -0.691. The summed E-state index contributed by atoms with van der Waals surface area (Å²) in [6, 6.07) is 5.21. The molecule has 1 aromatic carbocycles. The molecule has 0 heterocycles. The molecule has 1 amide bonds. The highest BCUT2D eigenvalue weighted by molar-refractivity contribution is 8.00. The van der Waals surface area contributed by atoms with Gasteiger partial charge in [-0.15, -0.1) is 11.8 Å². The van der Waals surface area contributed by atoms with Crippen molar-refractivity contribution in [2.45, 2.75) is 26.8 Å². The predicted molar refractivity (Wildman–Crippen MR) is 86.5 cm³/mol. The van der Waals surface area contributed by atoms with Gasteiger partial charge >= 0.3 is 5.97 Å². The van der Waals surface area contributed by atoms with E-state index in [0.29, 0.717) is 12.4 Å². The summed E-state index contributed by atoms with van der Waals surface area (Å²) in [6.07, 6.45) is 0. The first-order valence-electron chi connectivity index (χ1n) is 6.81. The van der Waals surface area contributed by atoms with Gasteiger partial charge in [0.15, 0.2) is 0 Å². The van der Waals surface area contributed by atoms with Crippen molar-refractivity contribution in [2.24, 2.45) is 5.73 Å². The second-order valence-electron chi connectivity index (χ2n) is 4.74. The van der Waals surface area contributed by atoms with Gasteiger partial charge in [-0.25, -0.2) is 0 Å². The monoisotopic (exact) mass is 310 g/mol. The Morgan fingerprint density at radius 3 is 2.76 bits per heavy atom. The van der Waals surface area contributed by atoms with Gasteiger partial charge in [-0.3, -0.25) is 9.59 Å². The SMILES string of the molecule is CCOC(=O)C(N)CSCC(=O)Nc1cc(C)ccc1C. The first kappa shape index (κ1) is 17.5. The van der Waals surface area contributed by atoms with Crippen molar-refractivity contribution in [3.63, 3.8) is 0 Å². The van der Waals surface area contributed by atoms with Gasteiger partial charge in [0, 0.05) is 11.4 Å².